The molecule has 2 nitrogen and oxygen atoms in total. The third kappa shape index (κ3) is 3.82. The molecule has 0 spiro atoms. The number of fused-ring (bicyclic) bond motifs is 10. The Morgan fingerprint density at radius 2 is 1.06 bits per heavy atom. The van der Waals surface area contributed by atoms with Crippen molar-refractivity contribution >= 4 is 86.0 Å². The van der Waals surface area contributed by atoms with E-state index < -0.39 is 0 Å². The predicted molar refractivity (Wildman–Crippen MR) is 208 cm³/mol. The molecule has 49 heavy (non-hydrogen) atoms. The van der Waals surface area contributed by atoms with E-state index >= 15 is 0 Å². The molecular weight excluding hydrogens is 617 g/mol. The van der Waals surface area contributed by atoms with Crippen molar-refractivity contribution in [2.75, 3.05) is 0 Å². The Labute approximate surface area is 285 Å². The maximum absolute atomic E-state index is 6.43. The van der Waals surface area contributed by atoms with Gasteiger partial charge in [-0.1, -0.05) is 121 Å². The lowest BCUT2D eigenvalue weighted by atomic mass is 9.85. The van der Waals surface area contributed by atoms with Crippen molar-refractivity contribution in [3.8, 4) is 33.4 Å². The topological polar surface area (TPSA) is 26.3 Å². The highest BCUT2D eigenvalue weighted by atomic mass is 32.1. The first kappa shape index (κ1) is 26.9. The summed E-state index contributed by atoms with van der Waals surface area (Å²) in [6.07, 6.45) is 1.87. The van der Waals surface area contributed by atoms with E-state index in [1.165, 1.54) is 58.4 Å². The summed E-state index contributed by atoms with van der Waals surface area (Å²) in [6.45, 7) is 0. The zero-order valence-corrected chi connectivity index (χ0v) is 27.1. The number of hydrogen-bond donors (Lipinski definition) is 0. The summed E-state index contributed by atoms with van der Waals surface area (Å²) in [5.41, 5.74) is 9.71. The van der Waals surface area contributed by atoms with Crippen molar-refractivity contribution in [3.05, 3.63) is 158 Å². The molecule has 0 N–H and O–H groups in total. The Hall–Kier alpha value is -6.16. The van der Waals surface area contributed by atoms with Crippen LogP contribution in [-0.4, -0.2) is 0 Å². The van der Waals surface area contributed by atoms with Crippen LogP contribution in [0.5, 0.6) is 0 Å². The maximum Gasteiger partial charge on any atom is 0.146 e. The Morgan fingerprint density at radius 1 is 0.408 bits per heavy atom. The number of rotatable bonds is 3. The van der Waals surface area contributed by atoms with Crippen molar-refractivity contribution in [1.29, 1.82) is 0 Å². The van der Waals surface area contributed by atoms with E-state index in [0.717, 1.165) is 49.6 Å². The molecule has 228 valence electrons. The number of hydrogen-bond acceptors (Lipinski definition) is 3. The highest BCUT2D eigenvalue weighted by Crippen LogP contribution is 2.48. The molecule has 0 fully saturated rings. The molecule has 0 unspecified atom stereocenters. The number of thiophene rings is 1. The molecule has 0 aliphatic carbocycles. The van der Waals surface area contributed by atoms with Crippen LogP contribution in [0.25, 0.3) is 108 Å². The summed E-state index contributed by atoms with van der Waals surface area (Å²) in [6, 6.07) is 54.5. The molecular formula is C46H26O2S. The summed E-state index contributed by atoms with van der Waals surface area (Å²) in [5.74, 6) is 0. The summed E-state index contributed by atoms with van der Waals surface area (Å²) in [5, 5.41) is 10.7. The molecule has 0 atom stereocenters. The molecule has 0 amide bonds. The standard InChI is InChI=1S/C46H26O2S/c1-2-11-27(12-3-1)38-26-47-45-34(38)22-24-40-44(45)37-25-28(21-23-39(37)48-40)42-30-14-4-6-16-32(30)43(33-17-7-5-15-31(33)42)36-19-10-18-35-29-13-8-9-20-41(29)49-46(35)36/h1-26H. The van der Waals surface area contributed by atoms with E-state index in [2.05, 4.69) is 146 Å². The van der Waals surface area contributed by atoms with Crippen LogP contribution >= 0.6 is 11.3 Å². The van der Waals surface area contributed by atoms with E-state index in [0.29, 0.717) is 0 Å². The molecule has 0 radical (unpaired) electrons. The first-order valence-electron chi connectivity index (χ1n) is 16.6. The van der Waals surface area contributed by atoms with Gasteiger partial charge in [0.25, 0.3) is 0 Å². The lowest BCUT2D eigenvalue weighted by Crippen LogP contribution is -1.91. The minimum absolute atomic E-state index is 0.829. The second kappa shape index (κ2) is 10.2. The summed E-state index contributed by atoms with van der Waals surface area (Å²) in [7, 11) is 0. The second-order valence-electron chi connectivity index (χ2n) is 12.8. The molecule has 8 aromatic carbocycles. The Bertz CT molecular complexity index is 3050. The largest absolute Gasteiger partial charge is 0.463 e. The lowest BCUT2D eigenvalue weighted by molar-refractivity contribution is 0.619. The Kier molecular flexibility index (Phi) is 5.57. The van der Waals surface area contributed by atoms with Gasteiger partial charge in [0.2, 0.25) is 0 Å². The molecule has 0 aliphatic heterocycles. The van der Waals surface area contributed by atoms with Crippen LogP contribution in [0.15, 0.2) is 167 Å². The fraction of sp³-hybridized carbons (Fsp3) is 0. The summed E-state index contributed by atoms with van der Waals surface area (Å²) < 4.78 is 15.4. The normalized spacial score (nSPS) is 12.1. The highest BCUT2D eigenvalue weighted by molar-refractivity contribution is 7.26. The minimum atomic E-state index is 0.829. The zero-order chi connectivity index (χ0) is 32.1. The minimum Gasteiger partial charge on any atom is -0.463 e. The molecule has 3 heteroatoms. The molecule has 11 aromatic rings. The van der Waals surface area contributed by atoms with E-state index in [1.807, 2.05) is 23.7 Å². The molecule has 3 heterocycles. The smallest absolute Gasteiger partial charge is 0.146 e. The van der Waals surface area contributed by atoms with E-state index in [9.17, 15) is 0 Å². The predicted octanol–water partition coefficient (Wildman–Crippen LogP) is 14.0. The first-order chi connectivity index (χ1) is 24.3. The van der Waals surface area contributed by atoms with E-state index in [-0.39, 0.29) is 0 Å². The average Bonchev–Trinajstić information content (AvgIpc) is 3.87. The lowest BCUT2D eigenvalue weighted by Gasteiger charge is -2.18. The van der Waals surface area contributed by atoms with Gasteiger partial charge in [-0.15, -0.1) is 11.3 Å². The van der Waals surface area contributed by atoms with Crippen molar-refractivity contribution in [3.63, 3.8) is 0 Å². The molecule has 0 saturated heterocycles. The summed E-state index contributed by atoms with van der Waals surface area (Å²) >= 11 is 1.89. The van der Waals surface area contributed by atoms with Crippen molar-refractivity contribution in [1.82, 2.24) is 0 Å². The van der Waals surface area contributed by atoms with Gasteiger partial charge >= 0.3 is 0 Å². The van der Waals surface area contributed by atoms with Gasteiger partial charge in [-0.2, -0.15) is 0 Å². The third-order valence-corrected chi connectivity index (χ3v) is 11.4. The van der Waals surface area contributed by atoms with Gasteiger partial charge in [-0.25, -0.2) is 0 Å². The highest BCUT2D eigenvalue weighted by Gasteiger charge is 2.21. The van der Waals surface area contributed by atoms with Gasteiger partial charge in [-0.3, -0.25) is 0 Å². The molecule has 0 aliphatic rings. The van der Waals surface area contributed by atoms with Gasteiger partial charge in [0.1, 0.15) is 16.7 Å². The Balaban J connectivity index is 1.20. The first-order valence-corrected chi connectivity index (χ1v) is 17.4. The van der Waals surface area contributed by atoms with Gasteiger partial charge in [-0.05, 0) is 74.1 Å². The summed E-state index contributed by atoms with van der Waals surface area (Å²) in [4.78, 5) is 0. The van der Waals surface area contributed by atoms with Crippen LogP contribution in [0, 0.1) is 0 Å². The monoisotopic (exact) mass is 642 g/mol. The van der Waals surface area contributed by atoms with Crippen LogP contribution in [-0.2, 0) is 0 Å². The van der Waals surface area contributed by atoms with Gasteiger partial charge in [0.05, 0.1) is 11.6 Å². The van der Waals surface area contributed by atoms with Crippen LogP contribution < -0.4 is 0 Å². The molecule has 3 aromatic heterocycles. The van der Waals surface area contributed by atoms with Gasteiger partial charge in [0.15, 0.2) is 0 Å². The van der Waals surface area contributed by atoms with Crippen molar-refractivity contribution in [2.45, 2.75) is 0 Å². The average molecular weight is 643 g/mol. The van der Waals surface area contributed by atoms with Crippen LogP contribution in [0.2, 0.25) is 0 Å². The fourth-order valence-electron chi connectivity index (χ4n) is 8.02. The number of furan rings is 2. The van der Waals surface area contributed by atoms with Crippen molar-refractivity contribution < 1.29 is 8.83 Å². The third-order valence-electron chi connectivity index (χ3n) is 10.2. The zero-order valence-electron chi connectivity index (χ0n) is 26.2. The van der Waals surface area contributed by atoms with Crippen LogP contribution in [0.1, 0.15) is 0 Å². The number of benzene rings is 8. The molecule has 0 saturated carbocycles. The van der Waals surface area contributed by atoms with Gasteiger partial charge < -0.3 is 8.83 Å². The van der Waals surface area contributed by atoms with E-state index in [4.69, 9.17) is 8.83 Å². The Morgan fingerprint density at radius 3 is 1.84 bits per heavy atom. The van der Waals surface area contributed by atoms with Crippen molar-refractivity contribution in [2.24, 2.45) is 0 Å². The van der Waals surface area contributed by atoms with Crippen LogP contribution in [0.4, 0.5) is 0 Å². The maximum atomic E-state index is 6.43. The van der Waals surface area contributed by atoms with Crippen LogP contribution in [0.3, 0.4) is 0 Å². The molecule has 0 bridgehead atoms. The SMILES string of the molecule is c1ccc(-c2coc3c2ccc2oc4ccc(-c5c6ccccc6c(-c6cccc7c6sc6ccccc67)c6ccccc56)cc4c23)cc1. The second-order valence-corrected chi connectivity index (χ2v) is 13.8. The molecule has 11 rings (SSSR count). The van der Waals surface area contributed by atoms with Gasteiger partial charge in [0, 0.05) is 42.1 Å². The van der Waals surface area contributed by atoms with E-state index in [1.54, 1.807) is 0 Å². The fourth-order valence-corrected chi connectivity index (χ4v) is 9.25. The quantitative estimate of drug-likeness (QED) is 0.179.